The van der Waals surface area contributed by atoms with Crippen molar-refractivity contribution in [1.29, 1.82) is 0 Å². The molecule has 2 fully saturated rings. The number of ketones is 4. The Balaban J connectivity index is 1.49. The van der Waals surface area contributed by atoms with Crippen LogP contribution in [-0.4, -0.2) is 74.9 Å². The molecule has 204 valence electrons. The van der Waals surface area contributed by atoms with Gasteiger partial charge in [0.2, 0.25) is 5.91 Å². The first-order valence-corrected chi connectivity index (χ1v) is 13.0. The van der Waals surface area contributed by atoms with Crippen molar-refractivity contribution >= 4 is 39.9 Å². The highest BCUT2D eigenvalue weighted by Crippen LogP contribution is 2.51. The Labute approximate surface area is 228 Å². The molecule has 2 aromatic carbocycles. The lowest BCUT2D eigenvalue weighted by Crippen LogP contribution is -2.74. The van der Waals surface area contributed by atoms with E-state index in [1.54, 1.807) is 26.4 Å². The number of carbonyl (C=O) groups excluding carboxylic acids is 5. The summed E-state index contributed by atoms with van der Waals surface area (Å²) in [5.41, 5.74) is 5.29. The Hall–Kier alpha value is -4.28. The summed E-state index contributed by atoms with van der Waals surface area (Å²) < 4.78 is 0. The molecule has 1 aromatic heterocycles. The quantitative estimate of drug-likeness (QED) is 0.411. The number of Topliss-reactive ketones (excluding diaryl/α,β-unsaturated/α-hetero) is 4. The number of aliphatic hydroxyl groups is 1. The lowest BCUT2D eigenvalue weighted by molar-refractivity contribution is -0.181. The number of rotatable bonds is 3. The summed E-state index contributed by atoms with van der Waals surface area (Å²) in [7, 11) is 3.11. The molecule has 0 spiro atoms. The number of aromatic nitrogens is 1. The number of hydrogen-bond donors (Lipinski definition) is 3. The molecule has 1 amide bonds. The number of phenols is 1. The molecule has 2 unspecified atom stereocenters. The van der Waals surface area contributed by atoms with Crippen LogP contribution in [0.1, 0.15) is 22.3 Å². The fraction of sp³-hybridized carbons (Fsp3) is 0.333. The summed E-state index contributed by atoms with van der Waals surface area (Å²) in [4.78, 5) is 72.6. The number of likely N-dealkylation sites (N-methyl/N-ethyl adjacent to an activating group) is 1. The molecule has 6 rings (SSSR count). The molecule has 4 N–H and O–H groups in total. The SMILES string of the molecule is CN(C)[C@@H]1C(=O)C(C(N)=O)C(=O)[C@@]2(O)C(=O)C3C(=O)c4c(O)ccc(-c5cnc6ccccc6c5)c4C[C@H]3C[C@@H]12. The summed E-state index contributed by atoms with van der Waals surface area (Å²) in [5, 5.41) is 23.3. The van der Waals surface area contributed by atoms with Gasteiger partial charge in [0, 0.05) is 23.1 Å². The molecule has 1 heterocycles. The van der Waals surface area contributed by atoms with Gasteiger partial charge >= 0.3 is 0 Å². The Bertz CT molecular complexity index is 1660. The van der Waals surface area contributed by atoms with Crippen molar-refractivity contribution in [2.75, 3.05) is 14.1 Å². The van der Waals surface area contributed by atoms with Crippen LogP contribution in [0.5, 0.6) is 5.75 Å². The van der Waals surface area contributed by atoms with Crippen molar-refractivity contribution in [2.24, 2.45) is 29.4 Å². The summed E-state index contributed by atoms with van der Waals surface area (Å²) in [6.45, 7) is 0. The predicted octanol–water partition coefficient (Wildman–Crippen LogP) is 1.08. The van der Waals surface area contributed by atoms with E-state index >= 15 is 0 Å². The van der Waals surface area contributed by atoms with Crippen LogP contribution in [0.15, 0.2) is 48.7 Å². The molecule has 10 nitrogen and oxygen atoms in total. The molecule has 0 radical (unpaired) electrons. The first kappa shape index (κ1) is 26.0. The van der Waals surface area contributed by atoms with Crippen molar-refractivity contribution < 1.29 is 34.2 Å². The van der Waals surface area contributed by atoms with Gasteiger partial charge in [0.25, 0.3) is 0 Å². The van der Waals surface area contributed by atoms with Crippen LogP contribution in [0.3, 0.4) is 0 Å². The second-order valence-electron chi connectivity index (χ2n) is 11.2. The van der Waals surface area contributed by atoms with E-state index in [-0.39, 0.29) is 24.2 Å². The van der Waals surface area contributed by atoms with Gasteiger partial charge in [-0.15, -0.1) is 0 Å². The second kappa shape index (κ2) is 8.87. The topological polar surface area (TPSA) is 168 Å². The second-order valence-corrected chi connectivity index (χ2v) is 11.2. The monoisotopic (exact) mass is 541 g/mol. The molecule has 0 saturated heterocycles. The van der Waals surface area contributed by atoms with Crippen LogP contribution < -0.4 is 5.73 Å². The van der Waals surface area contributed by atoms with E-state index in [4.69, 9.17) is 5.73 Å². The Kier molecular flexibility index (Phi) is 5.76. The standard InChI is InChI=1S/C30H27N3O7/c1-33(2)24-18-11-14-10-17-16(15-9-13-5-3-4-6-19(13)32-12-15)7-8-20(34)22(17)25(35)21(14)27(37)30(18,40)28(38)23(26(24)36)29(31)39/h3-9,12,14,18,21,23-24,34,40H,10-11H2,1-2H3,(H2,31,39)/t14-,18-,21?,23?,24-,30-/m0/s1. The molecule has 40 heavy (non-hydrogen) atoms. The highest BCUT2D eigenvalue weighted by molar-refractivity contribution is 6.32. The number of benzene rings is 2. The fourth-order valence-electron chi connectivity index (χ4n) is 7.09. The van der Waals surface area contributed by atoms with Gasteiger partial charge in [-0.2, -0.15) is 0 Å². The first-order valence-electron chi connectivity index (χ1n) is 13.0. The van der Waals surface area contributed by atoms with E-state index in [9.17, 15) is 34.2 Å². The van der Waals surface area contributed by atoms with Crippen LogP contribution in [0.2, 0.25) is 0 Å². The van der Waals surface area contributed by atoms with Crippen LogP contribution in [0, 0.1) is 23.7 Å². The van der Waals surface area contributed by atoms with Gasteiger partial charge in [-0.05, 0) is 62.2 Å². The Morgan fingerprint density at radius 3 is 2.50 bits per heavy atom. The molecular formula is C30H27N3O7. The number of amides is 1. The zero-order valence-electron chi connectivity index (χ0n) is 21.8. The minimum atomic E-state index is -2.74. The third-order valence-electron chi connectivity index (χ3n) is 8.85. The number of nitrogens with two attached hydrogens (primary N) is 1. The minimum absolute atomic E-state index is 0.00500. The zero-order valence-corrected chi connectivity index (χ0v) is 21.8. The number of primary amides is 1. The number of carbonyl (C=O) groups is 5. The van der Waals surface area contributed by atoms with E-state index in [2.05, 4.69) is 4.98 Å². The number of pyridine rings is 1. The zero-order chi connectivity index (χ0) is 28.7. The molecular weight excluding hydrogens is 514 g/mol. The minimum Gasteiger partial charge on any atom is -0.507 e. The lowest BCUT2D eigenvalue weighted by atomic mass is 9.52. The van der Waals surface area contributed by atoms with E-state index in [0.717, 1.165) is 16.5 Å². The maximum absolute atomic E-state index is 13.9. The number of fused-ring (bicyclic) bond motifs is 4. The smallest absolute Gasteiger partial charge is 0.235 e. The number of aromatic hydroxyl groups is 1. The van der Waals surface area contributed by atoms with E-state index < -0.39 is 64.4 Å². The van der Waals surface area contributed by atoms with Gasteiger partial charge in [-0.1, -0.05) is 24.3 Å². The van der Waals surface area contributed by atoms with E-state index in [1.807, 2.05) is 30.3 Å². The molecule has 2 saturated carbocycles. The first-order chi connectivity index (χ1) is 19.0. The summed E-state index contributed by atoms with van der Waals surface area (Å²) in [5.74, 6) is -10.7. The number of hydrogen-bond acceptors (Lipinski definition) is 9. The van der Waals surface area contributed by atoms with Gasteiger partial charge in [0.05, 0.1) is 23.0 Å². The number of para-hydroxylation sites is 1. The van der Waals surface area contributed by atoms with Crippen molar-refractivity contribution in [2.45, 2.75) is 24.5 Å². The Morgan fingerprint density at radius 1 is 1.07 bits per heavy atom. The highest BCUT2D eigenvalue weighted by Gasteiger charge is 2.69. The van der Waals surface area contributed by atoms with Gasteiger partial charge < -0.3 is 15.9 Å². The van der Waals surface area contributed by atoms with E-state index in [0.29, 0.717) is 11.1 Å². The molecule has 3 aliphatic rings. The maximum Gasteiger partial charge on any atom is 0.235 e. The van der Waals surface area contributed by atoms with Crippen LogP contribution >= 0.6 is 0 Å². The van der Waals surface area contributed by atoms with Crippen molar-refractivity contribution in [3.8, 4) is 16.9 Å². The van der Waals surface area contributed by atoms with Crippen LogP contribution in [-0.2, 0) is 25.6 Å². The fourth-order valence-corrected chi connectivity index (χ4v) is 7.09. The maximum atomic E-state index is 13.9. The number of phenolic OH excluding ortho intramolecular Hbond substituents is 1. The Morgan fingerprint density at radius 2 is 1.80 bits per heavy atom. The summed E-state index contributed by atoms with van der Waals surface area (Å²) in [6.07, 6.45) is 1.86. The third kappa shape index (κ3) is 3.42. The van der Waals surface area contributed by atoms with E-state index in [1.165, 1.54) is 11.0 Å². The van der Waals surface area contributed by atoms with Crippen LogP contribution in [0.4, 0.5) is 0 Å². The predicted molar refractivity (Wildman–Crippen MR) is 142 cm³/mol. The molecule has 0 aliphatic heterocycles. The average molecular weight is 542 g/mol. The largest absolute Gasteiger partial charge is 0.507 e. The normalized spacial score (nSPS) is 29.8. The third-order valence-corrected chi connectivity index (χ3v) is 8.85. The van der Waals surface area contributed by atoms with Crippen molar-refractivity contribution in [1.82, 2.24) is 9.88 Å². The van der Waals surface area contributed by atoms with Gasteiger partial charge in [0.1, 0.15) is 5.75 Å². The van der Waals surface area contributed by atoms with Gasteiger partial charge in [-0.25, -0.2) is 0 Å². The van der Waals surface area contributed by atoms with Crippen molar-refractivity contribution in [3.63, 3.8) is 0 Å². The summed E-state index contributed by atoms with van der Waals surface area (Å²) in [6, 6.07) is 11.4. The van der Waals surface area contributed by atoms with Crippen molar-refractivity contribution in [3.05, 3.63) is 59.8 Å². The summed E-state index contributed by atoms with van der Waals surface area (Å²) >= 11 is 0. The molecule has 3 aliphatic carbocycles. The molecule has 3 aromatic rings. The average Bonchev–Trinajstić information content (AvgIpc) is 2.90. The van der Waals surface area contributed by atoms with Crippen LogP contribution in [0.25, 0.3) is 22.0 Å². The van der Waals surface area contributed by atoms with Gasteiger partial charge in [0.15, 0.2) is 34.7 Å². The molecule has 10 heteroatoms. The molecule has 6 atom stereocenters. The molecule has 0 bridgehead atoms. The number of nitrogens with zero attached hydrogens (tertiary/aromatic N) is 2. The highest BCUT2D eigenvalue weighted by atomic mass is 16.3. The lowest BCUT2D eigenvalue weighted by Gasteiger charge is -2.52. The van der Waals surface area contributed by atoms with Gasteiger partial charge in [-0.3, -0.25) is 33.9 Å².